The van der Waals surface area contributed by atoms with Gasteiger partial charge in [-0.25, -0.2) is 9.59 Å². The maximum Gasteiger partial charge on any atom is 0.326 e. The number of ether oxygens (including phenoxy) is 2. The Bertz CT molecular complexity index is 590. The highest BCUT2D eigenvalue weighted by Gasteiger charge is 2.39. The van der Waals surface area contributed by atoms with Crippen LogP contribution in [0.3, 0.4) is 0 Å². The van der Waals surface area contributed by atoms with Crippen LogP contribution < -0.4 is 14.8 Å². The number of carboxylic acids is 1. The number of anilines is 1. The molecule has 1 aromatic carbocycles. The third-order valence-electron chi connectivity index (χ3n) is 3.45. The summed E-state index contributed by atoms with van der Waals surface area (Å²) in [6, 6.07) is 3.30. The summed E-state index contributed by atoms with van der Waals surface area (Å²) in [7, 11) is 0. The number of aliphatic hydroxyl groups excluding tert-OH is 1. The highest BCUT2D eigenvalue weighted by Crippen LogP contribution is 2.34. The number of aliphatic hydroxyl groups is 1. The van der Waals surface area contributed by atoms with Gasteiger partial charge in [-0.1, -0.05) is 0 Å². The highest BCUT2D eigenvalue weighted by molar-refractivity contribution is 5.93. The van der Waals surface area contributed by atoms with E-state index in [1.165, 1.54) is 0 Å². The van der Waals surface area contributed by atoms with Gasteiger partial charge in [-0.05, 0) is 12.1 Å². The van der Waals surface area contributed by atoms with Gasteiger partial charge >= 0.3 is 12.0 Å². The predicted octanol–water partition coefficient (Wildman–Crippen LogP) is 0.467. The first kappa shape index (κ1) is 13.5. The largest absolute Gasteiger partial charge is 0.480 e. The second kappa shape index (κ2) is 5.13. The first-order valence-corrected chi connectivity index (χ1v) is 6.43. The summed E-state index contributed by atoms with van der Waals surface area (Å²) < 4.78 is 10.4. The number of likely N-dealkylation sites (tertiary alicyclic amines) is 1. The SMILES string of the molecule is O=C(O)[C@@H]1C[C@H](O)CN1C(=O)Nc1ccc2c(c1)OCO2. The fourth-order valence-electron chi connectivity index (χ4n) is 2.44. The molecule has 3 N–H and O–H groups in total. The van der Waals surface area contributed by atoms with Crippen LogP contribution in [-0.2, 0) is 4.79 Å². The maximum absolute atomic E-state index is 12.1. The van der Waals surface area contributed by atoms with E-state index in [0.29, 0.717) is 17.2 Å². The summed E-state index contributed by atoms with van der Waals surface area (Å²) in [6.07, 6.45) is -0.794. The van der Waals surface area contributed by atoms with Crippen LogP contribution in [0.2, 0.25) is 0 Å². The van der Waals surface area contributed by atoms with Crippen LogP contribution in [0.15, 0.2) is 18.2 Å². The van der Waals surface area contributed by atoms with Gasteiger partial charge in [-0.3, -0.25) is 0 Å². The average molecular weight is 294 g/mol. The van der Waals surface area contributed by atoms with Crippen molar-refractivity contribution in [2.45, 2.75) is 18.6 Å². The molecule has 21 heavy (non-hydrogen) atoms. The molecule has 2 atom stereocenters. The number of nitrogens with zero attached hydrogens (tertiary/aromatic N) is 1. The van der Waals surface area contributed by atoms with E-state index >= 15 is 0 Å². The number of carbonyl (C=O) groups excluding carboxylic acids is 1. The molecule has 0 spiro atoms. The average Bonchev–Trinajstić information content (AvgIpc) is 3.04. The lowest BCUT2D eigenvalue weighted by Gasteiger charge is -2.21. The summed E-state index contributed by atoms with van der Waals surface area (Å²) in [5, 5.41) is 21.2. The number of β-amino-alcohol motifs (C(OH)–C–C–N with tert-alkyl or cyclic N) is 1. The molecule has 8 heteroatoms. The van der Waals surface area contributed by atoms with Crippen LogP contribution in [0.4, 0.5) is 10.5 Å². The van der Waals surface area contributed by atoms with Crippen molar-refractivity contribution in [1.29, 1.82) is 0 Å². The zero-order valence-electron chi connectivity index (χ0n) is 11.0. The molecule has 3 rings (SSSR count). The summed E-state index contributed by atoms with van der Waals surface area (Å²) in [5.74, 6) is -0.0237. The van der Waals surface area contributed by atoms with E-state index in [4.69, 9.17) is 14.6 Å². The molecule has 0 saturated carbocycles. The second-order valence-electron chi connectivity index (χ2n) is 4.89. The Balaban J connectivity index is 1.72. The Hall–Kier alpha value is -2.48. The third kappa shape index (κ3) is 2.57. The van der Waals surface area contributed by atoms with Crippen molar-refractivity contribution in [3.8, 4) is 11.5 Å². The van der Waals surface area contributed by atoms with E-state index in [9.17, 15) is 14.7 Å². The Labute approximate surface area is 119 Å². The van der Waals surface area contributed by atoms with Crippen molar-refractivity contribution in [2.75, 3.05) is 18.7 Å². The van der Waals surface area contributed by atoms with Gasteiger partial charge in [0.25, 0.3) is 0 Å². The highest BCUT2D eigenvalue weighted by atomic mass is 16.7. The molecule has 2 aliphatic heterocycles. The maximum atomic E-state index is 12.1. The molecule has 0 radical (unpaired) electrons. The lowest BCUT2D eigenvalue weighted by atomic mass is 10.2. The summed E-state index contributed by atoms with van der Waals surface area (Å²) in [6.45, 7) is 0.124. The number of fused-ring (bicyclic) bond motifs is 1. The van der Waals surface area contributed by atoms with Crippen molar-refractivity contribution < 1.29 is 29.3 Å². The van der Waals surface area contributed by atoms with Crippen molar-refractivity contribution in [3.63, 3.8) is 0 Å². The Morgan fingerprint density at radius 1 is 1.29 bits per heavy atom. The third-order valence-corrected chi connectivity index (χ3v) is 3.45. The monoisotopic (exact) mass is 294 g/mol. The first-order valence-electron chi connectivity index (χ1n) is 6.43. The standard InChI is InChI=1S/C13H14N2O6/c16-8-4-9(12(17)18)15(5-8)13(19)14-7-1-2-10-11(3-7)21-6-20-10/h1-3,8-9,16H,4-6H2,(H,14,19)(H,17,18)/t8-,9-/m0/s1. The zero-order chi connectivity index (χ0) is 15.0. The lowest BCUT2D eigenvalue weighted by Crippen LogP contribution is -2.43. The number of benzene rings is 1. The second-order valence-corrected chi connectivity index (χ2v) is 4.89. The number of hydrogen-bond acceptors (Lipinski definition) is 5. The number of amides is 2. The molecule has 0 aromatic heterocycles. The van der Waals surface area contributed by atoms with Crippen LogP contribution in [0.5, 0.6) is 11.5 Å². The van der Waals surface area contributed by atoms with Crippen LogP contribution in [-0.4, -0.2) is 52.6 Å². The number of carbonyl (C=O) groups is 2. The minimum absolute atomic E-state index is 0.00660. The Morgan fingerprint density at radius 2 is 2.05 bits per heavy atom. The zero-order valence-corrected chi connectivity index (χ0v) is 11.0. The number of hydrogen-bond donors (Lipinski definition) is 3. The van der Waals surface area contributed by atoms with E-state index in [-0.39, 0.29) is 19.8 Å². The van der Waals surface area contributed by atoms with Gasteiger partial charge in [0.15, 0.2) is 11.5 Å². The normalized spacial score (nSPS) is 23.2. The van der Waals surface area contributed by atoms with Crippen LogP contribution in [0.25, 0.3) is 0 Å². The van der Waals surface area contributed by atoms with E-state index in [1.807, 2.05) is 0 Å². The van der Waals surface area contributed by atoms with Crippen molar-refractivity contribution in [2.24, 2.45) is 0 Å². The molecule has 2 amide bonds. The fourth-order valence-corrected chi connectivity index (χ4v) is 2.44. The number of nitrogens with one attached hydrogen (secondary N) is 1. The molecule has 2 heterocycles. The molecule has 1 saturated heterocycles. The Kier molecular flexibility index (Phi) is 3.30. The van der Waals surface area contributed by atoms with E-state index in [0.717, 1.165) is 4.90 Å². The lowest BCUT2D eigenvalue weighted by molar-refractivity contribution is -0.141. The summed E-state index contributed by atoms with van der Waals surface area (Å²) in [4.78, 5) is 24.4. The van der Waals surface area contributed by atoms with Crippen LogP contribution in [0, 0.1) is 0 Å². The van der Waals surface area contributed by atoms with Crippen LogP contribution >= 0.6 is 0 Å². The fraction of sp³-hybridized carbons (Fsp3) is 0.385. The van der Waals surface area contributed by atoms with Gasteiger partial charge in [0.05, 0.1) is 6.10 Å². The van der Waals surface area contributed by atoms with E-state index < -0.39 is 24.1 Å². The first-order chi connectivity index (χ1) is 10.0. The smallest absolute Gasteiger partial charge is 0.326 e. The Morgan fingerprint density at radius 3 is 2.81 bits per heavy atom. The van der Waals surface area contributed by atoms with Crippen molar-refractivity contribution in [1.82, 2.24) is 4.90 Å². The number of carboxylic acid groups (broad SMARTS) is 1. The van der Waals surface area contributed by atoms with Crippen molar-refractivity contribution in [3.05, 3.63) is 18.2 Å². The predicted molar refractivity (Wildman–Crippen MR) is 70.3 cm³/mol. The molecule has 1 aromatic rings. The molecule has 0 bridgehead atoms. The minimum Gasteiger partial charge on any atom is -0.480 e. The van der Waals surface area contributed by atoms with Gasteiger partial charge in [0.2, 0.25) is 6.79 Å². The molecule has 112 valence electrons. The number of aliphatic carboxylic acids is 1. The quantitative estimate of drug-likeness (QED) is 0.731. The van der Waals surface area contributed by atoms with Gasteiger partial charge in [-0.15, -0.1) is 0 Å². The van der Waals surface area contributed by atoms with Gasteiger partial charge in [-0.2, -0.15) is 0 Å². The molecule has 1 fully saturated rings. The summed E-state index contributed by atoms with van der Waals surface area (Å²) in [5.41, 5.74) is 0.467. The number of urea groups is 1. The molecular weight excluding hydrogens is 280 g/mol. The van der Waals surface area contributed by atoms with E-state index in [1.54, 1.807) is 18.2 Å². The molecule has 8 nitrogen and oxygen atoms in total. The number of rotatable bonds is 2. The van der Waals surface area contributed by atoms with Crippen molar-refractivity contribution >= 4 is 17.7 Å². The molecule has 0 unspecified atom stereocenters. The van der Waals surface area contributed by atoms with Gasteiger partial charge < -0.3 is 29.9 Å². The van der Waals surface area contributed by atoms with Crippen LogP contribution in [0.1, 0.15) is 6.42 Å². The van der Waals surface area contributed by atoms with Gasteiger partial charge in [0.1, 0.15) is 6.04 Å². The molecule has 0 aliphatic carbocycles. The van der Waals surface area contributed by atoms with Gasteiger partial charge in [0, 0.05) is 24.7 Å². The topological polar surface area (TPSA) is 108 Å². The summed E-state index contributed by atoms with van der Waals surface area (Å²) >= 11 is 0. The molecule has 2 aliphatic rings. The minimum atomic E-state index is -1.13. The van der Waals surface area contributed by atoms with E-state index in [2.05, 4.69) is 5.32 Å². The molecular formula is C13H14N2O6.